The number of hydrogen-bond donors (Lipinski definition) is 1. The molecule has 0 aromatic heterocycles. The average molecular weight is 624 g/mol. The van der Waals surface area contributed by atoms with E-state index in [0.29, 0.717) is 24.6 Å². The standard InChI is InChI=1S/C17H23ClFNO3.C12H15ClFNO.ClH/c1-17(2,3)23-16(21)20-10-15(9-19)22-11-14(20)8-12-4-6-13(18)7-5-12;13-10-3-1-9(2-4-10)5-11-8-16-12(6-14)7-15-11;/h4-7,14-15H,8-11H2,1-3H3;1-4,11-12,15H,5-8H2;1H/t14-,15-;11-,12-;/m00./s1. The molecule has 2 fully saturated rings. The van der Waals surface area contributed by atoms with E-state index in [1.807, 2.05) is 69.3 Å². The summed E-state index contributed by atoms with van der Waals surface area (Å²) < 4.78 is 41.5. The molecule has 0 unspecified atom stereocenters. The zero-order valence-electron chi connectivity index (χ0n) is 23.1. The van der Waals surface area contributed by atoms with Gasteiger partial charge in [0.05, 0.1) is 31.9 Å². The number of ether oxygens (including phenoxy) is 3. The molecule has 6 nitrogen and oxygen atoms in total. The minimum atomic E-state index is -0.618. The number of carbonyl (C=O) groups excluding carboxylic acids is 1. The van der Waals surface area contributed by atoms with Crippen molar-refractivity contribution in [3.05, 3.63) is 69.7 Å². The molecule has 1 amide bonds. The lowest BCUT2D eigenvalue weighted by Crippen LogP contribution is -2.54. The van der Waals surface area contributed by atoms with Gasteiger partial charge in [0.25, 0.3) is 0 Å². The Morgan fingerprint density at radius 3 is 1.93 bits per heavy atom. The van der Waals surface area contributed by atoms with E-state index in [0.717, 1.165) is 17.0 Å². The van der Waals surface area contributed by atoms with E-state index >= 15 is 0 Å². The van der Waals surface area contributed by atoms with Crippen molar-refractivity contribution in [3.63, 3.8) is 0 Å². The number of morpholine rings is 2. The Balaban J connectivity index is 0.000000290. The summed E-state index contributed by atoms with van der Waals surface area (Å²) in [4.78, 5) is 14.0. The van der Waals surface area contributed by atoms with Crippen LogP contribution in [-0.4, -0.2) is 80.5 Å². The van der Waals surface area contributed by atoms with E-state index in [-0.39, 0.29) is 43.7 Å². The van der Waals surface area contributed by atoms with Gasteiger partial charge in [-0.15, -0.1) is 12.4 Å². The Morgan fingerprint density at radius 1 is 0.925 bits per heavy atom. The lowest BCUT2D eigenvalue weighted by atomic mass is 10.0. The average Bonchev–Trinajstić information content (AvgIpc) is 2.91. The Kier molecular flexibility index (Phi) is 14.4. The molecule has 4 atom stereocenters. The van der Waals surface area contributed by atoms with Crippen molar-refractivity contribution < 1.29 is 27.8 Å². The summed E-state index contributed by atoms with van der Waals surface area (Å²) in [6, 6.07) is 15.3. The number of halogens is 5. The van der Waals surface area contributed by atoms with Crippen LogP contribution in [0.3, 0.4) is 0 Å². The van der Waals surface area contributed by atoms with E-state index < -0.39 is 31.1 Å². The highest BCUT2D eigenvalue weighted by molar-refractivity contribution is 6.30. The molecule has 0 spiro atoms. The van der Waals surface area contributed by atoms with Crippen molar-refractivity contribution in [2.45, 2.75) is 63.5 Å². The molecule has 224 valence electrons. The van der Waals surface area contributed by atoms with Gasteiger partial charge >= 0.3 is 6.09 Å². The van der Waals surface area contributed by atoms with Gasteiger partial charge in [-0.25, -0.2) is 13.6 Å². The maximum Gasteiger partial charge on any atom is 0.410 e. The van der Waals surface area contributed by atoms with Gasteiger partial charge in [0.1, 0.15) is 25.1 Å². The van der Waals surface area contributed by atoms with Gasteiger partial charge in [-0.3, -0.25) is 4.90 Å². The van der Waals surface area contributed by atoms with Crippen LogP contribution in [0.25, 0.3) is 0 Å². The number of nitrogens with one attached hydrogen (secondary N) is 1. The molecule has 11 heteroatoms. The van der Waals surface area contributed by atoms with Gasteiger partial charge in [-0.2, -0.15) is 0 Å². The van der Waals surface area contributed by atoms with Gasteiger partial charge in [0, 0.05) is 22.6 Å². The van der Waals surface area contributed by atoms with Crippen LogP contribution in [-0.2, 0) is 27.1 Å². The Labute approximate surface area is 252 Å². The Morgan fingerprint density at radius 2 is 1.45 bits per heavy atom. The number of hydrogen-bond acceptors (Lipinski definition) is 5. The third kappa shape index (κ3) is 11.7. The van der Waals surface area contributed by atoms with Crippen LogP contribution in [0.5, 0.6) is 0 Å². The summed E-state index contributed by atoms with van der Waals surface area (Å²) in [5.74, 6) is 0. The van der Waals surface area contributed by atoms with Crippen LogP contribution in [0.1, 0.15) is 31.9 Å². The fourth-order valence-corrected chi connectivity index (χ4v) is 4.51. The number of benzene rings is 2. The maximum absolute atomic E-state index is 12.9. The topological polar surface area (TPSA) is 60.0 Å². The second-order valence-corrected chi connectivity index (χ2v) is 11.6. The second-order valence-electron chi connectivity index (χ2n) is 10.8. The lowest BCUT2D eigenvalue weighted by molar-refractivity contribution is -0.0754. The minimum Gasteiger partial charge on any atom is -0.444 e. The molecule has 0 saturated carbocycles. The van der Waals surface area contributed by atoms with Crippen molar-refractivity contribution in [1.82, 2.24) is 10.2 Å². The van der Waals surface area contributed by atoms with Crippen LogP contribution in [0.15, 0.2) is 48.5 Å². The number of nitrogens with zero attached hydrogens (tertiary/aromatic N) is 1. The van der Waals surface area contributed by atoms with E-state index in [1.165, 1.54) is 5.56 Å². The first kappa shape index (κ1) is 34.5. The van der Waals surface area contributed by atoms with Crippen LogP contribution in [0.2, 0.25) is 10.0 Å². The maximum atomic E-state index is 12.9. The largest absolute Gasteiger partial charge is 0.444 e. The highest BCUT2D eigenvalue weighted by Gasteiger charge is 2.35. The fraction of sp³-hybridized carbons (Fsp3) is 0.552. The molecule has 40 heavy (non-hydrogen) atoms. The van der Waals surface area contributed by atoms with E-state index in [2.05, 4.69) is 5.32 Å². The van der Waals surface area contributed by atoms with Gasteiger partial charge in [-0.05, 0) is 69.0 Å². The first-order valence-corrected chi connectivity index (χ1v) is 13.9. The molecule has 2 aliphatic heterocycles. The van der Waals surface area contributed by atoms with Crippen molar-refractivity contribution >= 4 is 41.7 Å². The summed E-state index contributed by atoms with van der Waals surface area (Å²) in [5.41, 5.74) is 1.66. The second kappa shape index (κ2) is 16.7. The molecule has 2 heterocycles. The molecule has 0 bridgehead atoms. The summed E-state index contributed by atoms with van der Waals surface area (Å²) in [6.07, 6.45) is 0.189. The molecule has 1 N–H and O–H groups in total. The smallest absolute Gasteiger partial charge is 0.410 e. The summed E-state index contributed by atoms with van der Waals surface area (Å²) in [5, 5.41) is 4.69. The normalized spacial score (nSPS) is 22.9. The quantitative estimate of drug-likeness (QED) is 0.399. The highest BCUT2D eigenvalue weighted by Crippen LogP contribution is 2.21. The molecule has 2 saturated heterocycles. The monoisotopic (exact) mass is 622 g/mol. The first-order valence-electron chi connectivity index (χ1n) is 13.1. The molecular weight excluding hydrogens is 585 g/mol. The van der Waals surface area contributed by atoms with Crippen molar-refractivity contribution in [2.75, 3.05) is 39.7 Å². The van der Waals surface area contributed by atoms with Gasteiger partial charge in [0.2, 0.25) is 0 Å². The van der Waals surface area contributed by atoms with Crippen LogP contribution >= 0.6 is 35.6 Å². The summed E-state index contributed by atoms with van der Waals surface area (Å²) in [6.45, 7) is 6.05. The van der Waals surface area contributed by atoms with Crippen LogP contribution in [0, 0.1) is 0 Å². The van der Waals surface area contributed by atoms with Gasteiger partial charge in [-0.1, -0.05) is 47.5 Å². The first-order chi connectivity index (χ1) is 18.6. The molecule has 2 aromatic rings. The molecule has 0 aliphatic carbocycles. The van der Waals surface area contributed by atoms with E-state index in [1.54, 1.807) is 4.90 Å². The predicted molar refractivity (Wildman–Crippen MR) is 158 cm³/mol. The Hall–Kier alpha value is -1.68. The van der Waals surface area contributed by atoms with E-state index in [9.17, 15) is 13.6 Å². The summed E-state index contributed by atoms with van der Waals surface area (Å²) in [7, 11) is 0. The molecular formula is C29H39Cl3F2N2O4. The molecule has 0 radical (unpaired) electrons. The van der Waals surface area contributed by atoms with Crippen molar-refractivity contribution in [3.8, 4) is 0 Å². The van der Waals surface area contributed by atoms with E-state index in [4.69, 9.17) is 37.4 Å². The third-order valence-corrected chi connectivity index (χ3v) is 6.79. The SMILES string of the molecule is CC(C)(C)OC(=O)N1C[C@H](CF)OC[C@@H]1Cc1ccc(Cl)cc1.Cl.FC[C@H]1CN[C@@H](Cc2ccc(Cl)cc2)CO1. The zero-order chi connectivity index (χ0) is 28.4. The van der Waals surface area contributed by atoms with Crippen molar-refractivity contribution in [1.29, 1.82) is 0 Å². The summed E-state index contributed by atoms with van der Waals surface area (Å²) >= 11 is 11.7. The minimum absolute atomic E-state index is 0. The van der Waals surface area contributed by atoms with Crippen molar-refractivity contribution in [2.24, 2.45) is 0 Å². The van der Waals surface area contributed by atoms with Crippen LogP contribution in [0.4, 0.5) is 13.6 Å². The van der Waals surface area contributed by atoms with Gasteiger partial charge in [0.15, 0.2) is 0 Å². The molecule has 4 rings (SSSR count). The highest BCUT2D eigenvalue weighted by atomic mass is 35.5. The lowest BCUT2D eigenvalue weighted by Gasteiger charge is -2.39. The molecule has 2 aliphatic rings. The number of rotatable bonds is 6. The number of carbonyl (C=O) groups is 1. The molecule has 2 aromatic carbocycles. The number of amides is 1. The zero-order valence-corrected chi connectivity index (χ0v) is 25.4. The third-order valence-electron chi connectivity index (χ3n) is 6.28. The van der Waals surface area contributed by atoms with Gasteiger partial charge < -0.3 is 19.5 Å². The predicted octanol–water partition coefficient (Wildman–Crippen LogP) is 6.49. The van der Waals surface area contributed by atoms with Crippen LogP contribution < -0.4 is 5.32 Å². The number of alkyl halides is 2. The fourth-order valence-electron chi connectivity index (χ4n) is 4.26. The Bertz CT molecular complexity index is 1020.